The summed E-state index contributed by atoms with van der Waals surface area (Å²) in [6.07, 6.45) is 0. The molecule has 0 bridgehead atoms. The first-order valence-corrected chi connectivity index (χ1v) is 15.5. The van der Waals surface area contributed by atoms with Crippen molar-refractivity contribution in [3.63, 3.8) is 0 Å². The van der Waals surface area contributed by atoms with E-state index in [1.54, 1.807) is 0 Å². The minimum absolute atomic E-state index is 0.963. The number of hydrogen-bond acceptors (Lipinski definition) is 2. The lowest BCUT2D eigenvalue weighted by Gasteiger charge is -2.23. The number of nitrogens with zero attached hydrogens (tertiary/aromatic N) is 2. The highest BCUT2D eigenvalue weighted by Gasteiger charge is 2.09. The fourth-order valence-electron chi connectivity index (χ4n) is 5.39. The van der Waals surface area contributed by atoms with Crippen molar-refractivity contribution < 1.29 is 0 Å². The Hall–Kier alpha value is -4.76. The SMILES string of the molecule is c1ccc(CN(Cc2ccccc2)Cc2ccccc2)cc1.c1ccc(CN(Cc2ccccc2)Cc2ccccc2)cc1. The number of hydrogen-bond donors (Lipinski definition) is 0. The monoisotopic (exact) mass is 574 g/mol. The van der Waals surface area contributed by atoms with E-state index in [0.29, 0.717) is 0 Å². The molecule has 2 nitrogen and oxygen atoms in total. The highest BCUT2D eigenvalue weighted by atomic mass is 15.1. The van der Waals surface area contributed by atoms with Crippen LogP contribution in [0.2, 0.25) is 0 Å². The first-order chi connectivity index (χ1) is 21.8. The molecule has 6 aromatic rings. The minimum Gasteiger partial charge on any atom is -0.291 e. The number of rotatable bonds is 12. The second-order valence-electron chi connectivity index (χ2n) is 11.2. The van der Waals surface area contributed by atoms with Gasteiger partial charge in [-0.05, 0) is 33.4 Å². The van der Waals surface area contributed by atoms with Crippen LogP contribution in [0.1, 0.15) is 33.4 Å². The van der Waals surface area contributed by atoms with Crippen LogP contribution in [0.25, 0.3) is 0 Å². The molecular weight excluding hydrogens is 532 g/mol. The molecule has 0 saturated heterocycles. The largest absolute Gasteiger partial charge is 0.291 e. The van der Waals surface area contributed by atoms with E-state index in [0.717, 1.165) is 39.3 Å². The third-order valence-corrected chi connectivity index (χ3v) is 7.49. The summed E-state index contributed by atoms with van der Waals surface area (Å²) < 4.78 is 0. The van der Waals surface area contributed by atoms with Gasteiger partial charge in [0.15, 0.2) is 0 Å². The molecule has 0 saturated carbocycles. The number of benzene rings is 6. The van der Waals surface area contributed by atoms with Gasteiger partial charge < -0.3 is 0 Å². The van der Waals surface area contributed by atoms with E-state index in [-0.39, 0.29) is 0 Å². The third kappa shape index (κ3) is 10.8. The molecule has 2 heteroatoms. The van der Waals surface area contributed by atoms with Gasteiger partial charge in [-0.1, -0.05) is 182 Å². The smallest absolute Gasteiger partial charge is 0.0240 e. The topological polar surface area (TPSA) is 6.48 Å². The van der Waals surface area contributed by atoms with Crippen LogP contribution in [-0.2, 0) is 39.3 Å². The highest BCUT2D eigenvalue weighted by Crippen LogP contribution is 2.15. The zero-order chi connectivity index (χ0) is 30.1. The second-order valence-corrected chi connectivity index (χ2v) is 11.2. The van der Waals surface area contributed by atoms with Gasteiger partial charge in [0.25, 0.3) is 0 Å². The van der Waals surface area contributed by atoms with E-state index in [9.17, 15) is 0 Å². The van der Waals surface area contributed by atoms with Crippen LogP contribution in [0.3, 0.4) is 0 Å². The average Bonchev–Trinajstić information content (AvgIpc) is 3.08. The molecule has 0 aliphatic rings. The van der Waals surface area contributed by atoms with Crippen LogP contribution >= 0.6 is 0 Å². The van der Waals surface area contributed by atoms with Gasteiger partial charge in [-0.15, -0.1) is 0 Å². The van der Waals surface area contributed by atoms with E-state index in [1.165, 1.54) is 33.4 Å². The van der Waals surface area contributed by atoms with Crippen molar-refractivity contribution in [1.82, 2.24) is 9.80 Å². The Morgan fingerprint density at radius 3 is 0.477 bits per heavy atom. The molecule has 6 rings (SSSR count). The lowest BCUT2D eigenvalue weighted by atomic mass is 10.1. The summed E-state index contributed by atoms with van der Waals surface area (Å²) in [6, 6.07) is 64.1. The van der Waals surface area contributed by atoms with Crippen molar-refractivity contribution in [2.24, 2.45) is 0 Å². The molecule has 0 heterocycles. The van der Waals surface area contributed by atoms with Crippen molar-refractivity contribution in [2.75, 3.05) is 0 Å². The van der Waals surface area contributed by atoms with Gasteiger partial charge in [-0.3, -0.25) is 9.80 Å². The van der Waals surface area contributed by atoms with E-state index < -0.39 is 0 Å². The molecule has 0 unspecified atom stereocenters. The van der Waals surface area contributed by atoms with Gasteiger partial charge in [0.2, 0.25) is 0 Å². The fourth-order valence-corrected chi connectivity index (χ4v) is 5.39. The first-order valence-electron chi connectivity index (χ1n) is 15.5. The quantitative estimate of drug-likeness (QED) is 0.144. The lowest BCUT2D eigenvalue weighted by Crippen LogP contribution is -2.22. The molecule has 0 aromatic heterocycles. The van der Waals surface area contributed by atoms with Gasteiger partial charge in [-0.25, -0.2) is 0 Å². The van der Waals surface area contributed by atoms with Crippen LogP contribution in [0, 0.1) is 0 Å². The summed E-state index contributed by atoms with van der Waals surface area (Å²) in [6.45, 7) is 5.78. The predicted molar refractivity (Wildman–Crippen MR) is 185 cm³/mol. The van der Waals surface area contributed by atoms with Crippen molar-refractivity contribution in [3.8, 4) is 0 Å². The highest BCUT2D eigenvalue weighted by molar-refractivity contribution is 5.21. The Bertz CT molecular complexity index is 1250. The molecule has 0 N–H and O–H groups in total. The molecule has 0 atom stereocenters. The maximum Gasteiger partial charge on any atom is 0.0240 e. The fraction of sp³-hybridized carbons (Fsp3) is 0.143. The van der Waals surface area contributed by atoms with E-state index in [2.05, 4.69) is 192 Å². The molecular formula is C42H42N2. The van der Waals surface area contributed by atoms with E-state index >= 15 is 0 Å². The Balaban J connectivity index is 0.000000175. The van der Waals surface area contributed by atoms with E-state index in [4.69, 9.17) is 0 Å². The maximum atomic E-state index is 2.49. The standard InChI is InChI=1S/2C21H21N/c2*1-4-10-19(11-5-1)16-22(17-20-12-6-2-7-13-20)18-21-14-8-3-9-15-21/h2*1-15H,16-18H2. The molecule has 220 valence electrons. The van der Waals surface area contributed by atoms with Crippen LogP contribution in [0.15, 0.2) is 182 Å². The Kier molecular flexibility index (Phi) is 12.1. The van der Waals surface area contributed by atoms with Crippen LogP contribution in [-0.4, -0.2) is 9.80 Å². The summed E-state index contributed by atoms with van der Waals surface area (Å²) in [5.41, 5.74) is 8.14. The molecule has 44 heavy (non-hydrogen) atoms. The Morgan fingerprint density at radius 1 is 0.205 bits per heavy atom. The summed E-state index contributed by atoms with van der Waals surface area (Å²) in [5, 5.41) is 0. The summed E-state index contributed by atoms with van der Waals surface area (Å²) in [7, 11) is 0. The minimum atomic E-state index is 0.963. The molecule has 0 fully saturated rings. The molecule has 6 aromatic carbocycles. The van der Waals surface area contributed by atoms with Gasteiger partial charge >= 0.3 is 0 Å². The van der Waals surface area contributed by atoms with Crippen molar-refractivity contribution in [3.05, 3.63) is 215 Å². The Labute approximate surface area is 263 Å². The molecule has 0 aliphatic heterocycles. The van der Waals surface area contributed by atoms with E-state index in [1.807, 2.05) is 0 Å². The van der Waals surface area contributed by atoms with Gasteiger partial charge in [0, 0.05) is 39.3 Å². The van der Waals surface area contributed by atoms with Crippen LogP contribution < -0.4 is 0 Å². The summed E-state index contributed by atoms with van der Waals surface area (Å²) >= 11 is 0. The molecule has 0 amide bonds. The summed E-state index contributed by atoms with van der Waals surface area (Å²) in [5.74, 6) is 0. The molecule has 0 radical (unpaired) electrons. The average molecular weight is 575 g/mol. The Morgan fingerprint density at radius 2 is 0.341 bits per heavy atom. The zero-order valence-corrected chi connectivity index (χ0v) is 25.5. The van der Waals surface area contributed by atoms with Crippen molar-refractivity contribution in [1.29, 1.82) is 0 Å². The zero-order valence-electron chi connectivity index (χ0n) is 25.5. The van der Waals surface area contributed by atoms with Crippen molar-refractivity contribution in [2.45, 2.75) is 39.3 Å². The third-order valence-electron chi connectivity index (χ3n) is 7.49. The van der Waals surface area contributed by atoms with Gasteiger partial charge in [0.05, 0.1) is 0 Å². The predicted octanol–water partition coefficient (Wildman–Crippen LogP) is 9.78. The lowest BCUT2D eigenvalue weighted by molar-refractivity contribution is 0.247. The molecule has 0 aliphatic carbocycles. The summed E-state index contributed by atoms with van der Waals surface area (Å²) in [4.78, 5) is 4.97. The van der Waals surface area contributed by atoms with Gasteiger partial charge in [-0.2, -0.15) is 0 Å². The normalized spacial score (nSPS) is 10.8. The molecule has 0 spiro atoms. The van der Waals surface area contributed by atoms with Crippen molar-refractivity contribution >= 4 is 0 Å². The maximum absolute atomic E-state index is 2.49. The van der Waals surface area contributed by atoms with Gasteiger partial charge in [0.1, 0.15) is 0 Å². The van der Waals surface area contributed by atoms with Crippen LogP contribution in [0.4, 0.5) is 0 Å². The first kappa shape index (κ1) is 30.7. The second kappa shape index (κ2) is 17.4. The van der Waals surface area contributed by atoms with Crippen LogP contribution in [0.5, 0.6) is 0 Å².